The van der Waals surface area contributed by atoms with Crippen LogP contribution in [0, 0.1) is 0 Å². The van der Waals surface area contributed by atoms with Crippen LogP contribution in [0.4, 0.5) is 5.82 Å². The molecule has 2 aromatic heterocycles. The smallest absolute Gasteiger partial charge is 0.191 e. The SMILES string of the molecule is CSc1cc(N)nc(SCc2cc3ccccc3o2)n1. The quantitative estimate of drug-likeness (QED) is 0.449. The summed E-state index contributed by atoms with van der Waals surface area (Å²) in [5, 5.41) is 2.67. The van der Waals surface area contributed by atoms with Crippen molar-refractivity contribution in [1.29, 1.82) is 0 Å². The lowest BCUT2D eigenvalue weighted by Crippen LogP contribution is -1.96. The maximum atomic E-state index is 5.76. The summed E-state index contributed by atoms with van der Waals surface area (Å²) in [4.78, 5) is 8.64. The minimum atomic E-state index is 0.497. The van der Waals surface area contributed by atoms with Gasteiger partial charge in [0, 0.05) is 11.5 Å². The zero-order valence-corrected chi connectivity index (χ0v) is 12.5. The average molecular weight is 303 g/mol. The van der Waals surface area contributed by atoms with Crippen LogP contribution in [0.15, 0.2) is 51.0 Å². The molecule has 0 unspecified atom stereocenters. The van der Waals surface area contributed by atoms with Gasteiger partial charge in [0.25, 0.3) is 0 Å². The Morgan fingerprint density at radius 3 is 2.85 bits per heavy atom. The van der Waals surface area contributed by atoms with E-state index in [1.165, 1.54) is 11.8 Å². The first kappa shape index (κ1) is 13.3. The summed E-state index contributed by atoms with van der Waals surface area (Å²) < 4.78 is 5.76. The highest BCUT2D eigenvalue weighted by atomic mass is 32.2. The van der Waals surface area contributed by atoms with Gasteiger partial charge in [0.1, 0.15) is 22.2 Å². The average Bonchev–Trinajstić information content (AvgIpc) is 2.87. The number of nitrogens with two attached hydrogens (primary N) is 1. The summed E-state index contributed by atoms with van der Waals surface area (Å²) in [5.74, 6) is 2.09. The van der Waals surface area contributed by atoms with E-state index in [2.05, 4.69) is 9.97 Å². The zero-order valence-electron chi connectivity index (χ0n) is 10.9. The van der Waals surface area contributed by atoms with E-state index >= 15 is 0 Å². The van der Waals surface area contributed by atoms with Gasteiger partial charge in [-0.15, -0.1) is 11.8 Å². The molecule has 0 saturated heterocycles. The van der Waals surface area contributed by atoms with E-state index in [0.29, 0.717) is 16.7 Å². The highest BCUT2D eigenvalue weighted by molar-refractivity contribution is 7.99. The molecule has 1 aromatic carbocycles. The molecule has 3 rings (SSSR count). The molecule has 0 aliphatic rings. The van der Waals surface area contributed by atoms with Crippen molar-refractivity contribution in [3.05, 3.63) is 42.2 Å². The number of fused-ring (bicyclic) bond motifs is 1. The van der Waals surface area contributed by atoms with E-state index in [1.807, 2.05) is 36.6 Å². The number of hydrogen-bond acceptors (Lipinski definition) is 6. The third-order valence-electron chi connectivity index (χ3n) is 2.73. The standard InChI is InChI=1S/C14H13N3OS2/c1-19-13-7-12(15)16-14(17-13)20-8-10-6-9-4-2-3-5-11(9)18-10/h2-7H,8H2,1H3,(H2,15,16,17). The fourth-order valence-electron chi connectivity index (χ4n) is 1.83. The molecule has 2 N–H and O–H groups in total. The number of thioether (sulfide) groups is 2. The van der Waals surface area contributed by atoms with Crippen molar-refractivity contribution in [2.45, 2.75) is 15.9 Å². The molecule has 0 radical (unpaired) electrons. The van der Waals surface area contributed by atoms with E-state index in [0.717, 1.165) is 21.8 Å². The van der Waals surface area contributed by atoms with Gasteiger partial charge in [0.15, 0.2) is 5.16 Å². The molecular formula is C14H13N3OS2. The second-order valence-corrected chi connectivity index (χ2v) is 5.93. The number of aromatic nitrogens is 2. The van der Waals surface area contributed by atoms with Crippen molar-refractivity contribution in [1.82, 2.24) is 9.97 Å². The monoisotopic (exact) mass is 303 g/mol. The Bertz CT molecular complexity index is 709. The van der Waals surface area contributed by atoms with E-state index < -0.39 is 0 Å². The first-order valence-electron chi connectivity index (χ1n) is 6.03. The Kier molecular flexibility index (Phi) is 3.84. The van der Waals surface area contributed by atoms with Crippen LogP contribution < -0.4 is 5.73 Å². The normalized spacial score (nSPS) is 11.1. The lowest BCUT2D eigenvalue weighted by molar-refractivity contribution is 0.574. The summed E-state index contributed by atoms with van der Waals surface area (Å²) in [6.45, 7) is 0. The summed E-state index contributed by atoms with van der Waals surface area (Å²) in [6.07, 6.45) is 1.97. The van der Waals surface area contributed by atoms with Gasteiger partial charge in [0.2, 0.25) is 0 Å². The zero-order chi connectivity index (χ0) is 13.9. The van der Waals surface area contributed by atoms with E-state index in [1.54, 1.807) is 17.8 Å². The summed E-state index contributed by atoms with van der Waals surface area (Å²) in [5.41, 5.74) is 6.67. The molecule has 0 fully saturated rings. The highest BCUT2D eigenvalue weighted by Crippen LogP contribution is 2.26. The molecule has 20 heavy (non-hydrogen) atoms. The van der Waals surface area contributed by atoms with Crippen LogP contribution in [-0.2, 0) is 5.75 Å². The Hall–Kier alpha value is -1.66. The van der Waals surface area contributed by atoms with Crippen LogP contribution in [0.1, 0.15) is 5.76 Å². The van der Waals surface area contributed by atoms with Gasteiger partial charge in [-0.05, 0) is 18.4 Å². The number of hydrogen-bond donors (Lipinski definition) is 1. The Balaban J connectivity index is 1.77. The van der Waals surface area contributed by atoms with Gasteiger partial charge >= 0.3 is 0 Å². The Labute approximate surface area is 125 Å². The van der Waals surface area contributed by atoms with Crippen LogP contribution in [0.2, 0.25) is 0 Å². The van der Waals surface area contributed by atoms with Crippen LogP contribution in [0.3, 0.4) is 0 Å². The molecule has 4 nitrogen and oxygen atoms in total. The van der Waals surface area contributed by atoms with Gasteiger partial charge in [0.05, 0.1) is 5.75 Å². The minimum Gasteiger partial charge on any atom is -0.460 e. The van der Waals surface area contributed by atoms with Crippen LogP contribution >= 0.6 is 23.5 Å². The van der Waals surface area contributed by atoms with Crippen molar-refractivity contribution in [3.63, 3.8) is 0 Å². The lowest BCUT2D eigenvalue weighted by atomic mass is 10.2. The highest BCUT2D eigenvalue weighted by Gasteiger charge is 2.07. The molecule has 6 heteroatoms. The lowest BCUT2D eigenvalue weighted by Gasteiger charge is -2.02. The molecule has 0 aliphatic heterocycles. The van der Waals surface area contributed by atoms with Crippen LogP contribution in [-0.4, -0.2) is 16.2 Å². The number of nitrogens with zero attached hydrogens (tertiary/aromatic N) is 2. The fraction of sp³-hybridized carbons (Fsp3) is 0.143. The predicted octanol–water partition coefficient (Wildman–Crippen LogP) is 3.82. The Morgan fingerprint density at radius 2 is 2.05 bits per heavy atom. The number of nitrogen functional groups attached to an aromatic ring is 1. The number of benzene rings is 1. The van der Waals surface area contributed by atoms with Gasteiger partial charge in [-0.3, -0.25) is 0 Å². The third-order valence-corrected chi connectivity index (χ3v) is 4.23. The number of rotatable bonds is 4. The maximum absolute atomic E-state index is 5.76. The molecule has 0 bridgehead atoms. The molecule has 0 aliphatic carbocycles. The fourth-order valence-corrected chi connectivity index (χ4v) is 3.05. The van der Waals surface area contributed by atoms with E-state index in [-0.39, 0.29) is 0 Å². The Morgan fingerprint density at radius 1 is 1.20 bits per heavy atom. The van der Waals surface area contributed by atoms with Crippen LogP contribution in [0.5, 0.6) is 0 Å². The molecule has 0 atom stereocenters. The first-order valence-corrected chi connectivity index (χ1v) is 8.24. The van der Waals surface area contributed by atoms with Crippen molar-refractivity contribution in [2.24, 2.45) is 0 Å². The van der Waals surface area contributed by atoms with Crippen molar-refractivity contribution < 1.29 is 4.42 Å². The summed E-state index contributed by atoms with van der Waals surface area (Å²) in [6, 6.07) is 11.8. The number of anilines is 1. The van der Waals surface area contributed by atoms with Gasteiger partial charge < -0.3 is 10.2 Å². The minimum absolute atomic E-state index is 0.497. The second kappa shape index (κ2) is 5.76. The number of para-hydroxylation sites is 1. The molecule has 0 amide bonds. The van der Waals surface area contributed by atoms with Gasteiger partial charge in [-0.25, -0.2) is 9.97 Å². The molecule has 0 saturated carbocycles. The number of furan rings is 1. The van der Waals surface area contributed by atoms with Gasteiger partial charge in [-0.1, -0.05) is 30.0 Å². The van der Waals surface area contributed by atoms with Crippen LogP contribution in [0.25, 0.3) is 11.0 Å². The van der Waals surface area contributed by atoms with E-state index in [9.17, 15) is 0 Å². The summed E-state index contributed by atoms with van der Waals surface area (Å²) >= 11 is 3.08. The molecule has 0 spiro atoms. The van der Waals surface area contributed by atoms with E-state index in [4.69, 9.17) is 10.2 Å². The summed E-state index contributed by atoms with van der Waals surface area (Å²) in [7, 11) is 0. The van der Waals surface area contributed by atoms with Crippen molar-refractivity contribution in [3.8, 4) is 0 Å². The molecule has 2 heterocycles. The predicted molar refractivity (Wildman–Crippen MR) is 84.0 cm³/mol. The molecule has 3 aromatic rings. The third kappa shape index (κ3) is 2.91. The second-order valence-electron chi connectivity index (χ2n) is 4.16. The van der Waals surface area contributed by atoms with Gasteiger partial charge in [-0.2, -0.15) is 0 Å². The molecule has 102 valence electrons. The maximum Gasteiger partial charge on any atom is 0.191 e. The molecular weight excluding hydrogens is 290 g/mol. The van der Waals surface area contributed by atoms with Crippen molar-refractivity contribution >= 4 is 40.3 Å². The van der Waals surface area contributed by atoms with Crippen molar-refractivity contribution in [2.75, 3.05) is 12.0 Å². The largest absolute Gasteiger partial charge is 0.460 e. The topological polar surface area (TPSA) is 64.9 Å². The first-order chi connectivity index (χ1) is 9.74.